The van der Waals surface area contributed by atoms with Crippen LogP contribution in [0.1, 0.15) is 58.8 Å². The summed E-state index contributed by atoms with van der Waals surface area (Å²) < 4.78 is 5.08. The van der Waals surface area contributed by atoms with E-state index in [1.54, 1.807) is 0 Å². The Hall–Kier alpha value is -0.580. The molecule has 4 saturated carbocycles. The van der Waals surface area contributed by atoms with E-state index in [1.807, 2.05) is 13.8 Å². The summed E-state index contributed by atoms with van der Waals surface area (Å²) in [6.45, 7) is 3.86. The molecule has 130 valence electrons. The quantitative estimate of drug-likeness (QED) is 0.582. The van der Waals surface area contributed by atoms with Gasteiger partial charge in [0.1, 0.15) is 6.04 Å². The summed E-state index contributed by atoms with van der Waals surface area (Å²) in [7, 11) is 1.37. The fourth-order valence-electron chi connectivity index (χ4n) is 5.73. The SMILES string of the molecule is COC(=O)[C@@H](NC(=O)CC12C[C@H]3C[C@@H](CC(Br)(C3)C1)C2)C(C)C. The van der Waals surface area contributed by atoms with Crippen LogP contribution in [0.25, 0.3) is 0 Å². The number of alkyl halides is 1. The van der Waals surface area contributed by atoms with Crippen LogP contribution >= 0.6 is 15.9 Å². The van der Waals surface area contributed by atoms with E-state index in [0.29, 0.717) is 6.42 Å². The van der Waals surface area contributed by atoms with Gasteiger partial charge in [-0.3, -0.25) is 4.79 Å². The summed E-state index contributed by atoms with van der Waals surface area (Å²) in [6.07, 6.45) is 7.88. The average molecular weight is 386 g/mol. The van der Waals surface area contributed by atoms with Gasteiger partial charge in [0.05, 0.1) is 7.11 Å². The Kier molecular flexibility index (Phi) is 4.54. The molecule has 4 fully saturated rings. The van der Waals surface area contributed by atoms with E-state index in [4.69, 9.17) is 4.74 Å². The number of hydrogen-bond donors (Lipinski definition) is 1. The molecule has 0 spiro atoms. The average Bonchev–Trinajstić information content (AvgIpc) is 2.40. The maximum absolute atomic E-state index is 12.6. The fraction of sp³-hybridized carbons (Fsp3) is 0.889. The molecule has 3 atom stereocenters. The van der Waals surface area contributed by atoms with Crippen LogP contribution in [0, 0.1) is 23.2 Å². The maximum atomic E-state index is 12.6. The van der Waals surface area contributed by atoms with Crippen molar-refractivity contribution in [3.05, 3.63) is 0 Å². The highest BCUT2D eigenvalue weighted by Crippen LogP contribution is 2.65. The van der Waals surface area contributed by atoms with Crippen LogP contribution in [-0.2, 0) is 14.3 Å². The summed E-state index contributed by atoms with van der Waals surface area (Å²) in [5.74, 6) is 1.23. The molecule has 4 bridgehead atoms. The van der Waals surface area contributed by atoms with Crippen LogP contribution < -0.4 is 5.32 Å². The number of rotatable bonds is 5. The van der Waals surface area contributed by atoms with Gasteiger partial charge in [-0.25, -0.2) is 4.79 Å². The van der Waals surface area contributed by atoms with E-state index < -0.39 is 6.04 Å². The number of carbonyl (C=O) groups is 2. The van der Waals surface area contributed by atoms with E-state index in [9.17, 15) is 9.59 Å². The molecule has 0 heterocycles. The smallest absolute Gasteiger partial charge is 0.328 e. The molecule has 0 unspecified atom stereocenters. The molecular weight excluding hydrogens is 358 g/mol. The minimum atomic E-state index is -0.542. The van der Waals surface area contributed by atoms with Crippen molar-refractivity contribution in [3.63, 3.8) is 0 Å². The zero-order valence-corrected chi connectivity index (χ0v) is 15.9. The summed E-state index contributed by atoms with van der Waals surface area (Å²) in [5.41, 5.74) is 0.134. The van der Waals surface area contributed by atoms with Gasteiger partial charge in [-0.2, -0.15) is 0 Å². The second-order valence-corrected chi connectivity index (χ2v) is 10.3. The third kappa shape index (κ3) is 3.45. The van der Waals surface area contributed by atoms with Crippen molar-refractivity contribution in [3.8, 4) is 0 Å². The normalized spacial score (nSPS) is 39.3. The van der Waals surface area contributed by atoms with E-state index in [0.717, 1.165) is 18.3 Å². The summed E-state index contributed by atoms with van der Waals surface area (Å²) >= 11 is 3.99. The maximum Gasteiger partial charge on any atom is 0.328 e. The first-order valence-electron chi connectivity index (χ1n) is 8.80. The molecule has 1 amide bonds. The Balaban J connectivity index is 1.67. The number of methoxy groups -OCH3 is 1. The van der Waals surface area contributed by atoms with Gasteiger partial charge in [-0.15, -0.1) is 0 Å². The Bertz CT molecular complexity index is 490. The van der Waals surface area contributed by atoms with Crippen molar-refractivity contribution in [1.29, 1.82) is 0 Å². The summed E-state index contributed by atoms with van der Waals surface area (Å²) in [6, 6.07) is -0.542. The number of hydrogen-bond acceptors (Lipinski definition) is 3. The fourth-order valence-corrected chi connectivity index (χ4v) is 7.24. The van der Waals surface area contributed by atoms with Gasteiger partial charge in [0.2, 0.25) is 5.91 Å². The molecule has 5 heteroatoms. The Morgan fingerprint density at radius 3 is 2.30 bits per heavy atom. The third-order valence-electron chi connectivity index (χ3n) is 6.08. The molecule has 4 rings (SSSR count). The number of halogens is 1. The van der Waals surface area contributed by atoms with Crippen molar-refractivity contribution in [2.45, 2.75) is 69.2 Å². The topological polar surface area (TPSA) is 55.4 Å². The predicted molar refractivity (Wildman–Crippen MR) is 92.2 cm³/mol. The van der Waals surface area contributed by atoms with Gasteiger partial charge in [0, 0.05) is 10.7 Å². The molecule has 0 aromatic heterocycles. The molecule has 0 radical (unpaired) electrons. The predicted octanol–water partition coefficient (Wildman–Crippen LogP) is 3.42. The summed E-state index contributed by atoms with van der Waals surface area (Å²) in [4.78, 5) is 24.5. The van der Waals surface area contributed by atoms with E-state index in [-0.39, 0.29) is 27.5 Å². The Labute approximate surface area is 147 Å². The molecule has 23 heavy (non-hydrogen) atoms. The van der Waals surface area contributed by atoms with Crippen molar-refractivity contribution in [1.82, 2.24) is 5.32 Å². The van der Waals surface area contributed by atoms with Gasteiger partial charge in [-0.1, -0.05) is 29.8 Å². The Morgan fingerprint density at radius 2 is 1.83 bits per heavy atom. The summed E-state index contributed by atoms with van der Waals surface area (Å²) in [5, 5.41) is 2.93. The van der Waals surface area contributed by atoms with Crippen LogP contribution in [-0.4, -0.2) is 29.4 Å². The second-order valence-electron chi connectivity index (χ2n) is 8.60. The lowest BCUT2D eigenvalue weighted by Gasteiger charge is -2.60. The van der Waals surface area contributed by atoms with Crippen molar-refractivity contribution < 1.29 is 14.3 Å². The first-order valence-corrected chi connectivity index (χ1v) is 9.60. The highest BCUT2D eigenvalue weighted by molar-refractivity contribution is 9.10. The molecule has 4 aliphatic rings. The van der Waals surface area contributed by atoms with Crippen LogP contribution in [0.15, 0.2) is 0 Å². The molecule has 4 nitrogen and oxygen atoms in total. The van der Waals surface area contributed by atoms with Crippen molar-refractivity contribution in [2.75, 3.05) is 7.11 Å². The molecule has 0 aromatic rings. The lowest BCUT2D eigenvalue weighted by atomic mass is 9.48. The first kappa shape index (κ1) is 17.2. The lowest BCUT2D eigenvalue weighted by molar-refractivity contribution is -0.147. The molecule has 4 aliphatic carbocycles. The first-order chi connectivity index (χ1) is 10.7. The van der Waals surface area contributed by atoms with Gasteiger partial charge < -0.3 is 10.1 Å². The standard InChI is InChI=1S/C18H28BrNO3/c1-11(2)15(16(22)23-3)20-14(21)9-17-5-12-4-13(6-17)8-18(19,7-12)10-17/h11-13,15H,4-10H2,1-3H3,(H,20,21)/t12-,13-,15+,17?,18?/m1/s1. The number of carbonyl (C=O) groups excluding carboxylic acids is 2. The molecule has 0 saturated heterocycles. The second kappa shape index (κ2) is 6.05. The van der Waals surface area contributed by atoms with Crippen LogP contribution in [0.3, 0.4) is 0 Å². The van der Waals surface area contributed by atoms with Crippen molar-refractivity contribution in [2.24, 2.45) is 23.2 Å². The highest BCUT2D eigenvalue weighted by Gasteiger charge is 2.57. The van der Waals surface area contributed by atoms with Gasteiger partial charge in [0.25, 0.3) is 0 Å². The van der Waals surface area contributed by atoms with Crippen LogP contribution in [0.5, 0.6) is 0 Å². The van der Waals surface area contributed by atoms with E-state index in [1.165, 1.54) is 39.2 Å². The number of esters is 1. The largest absolute Gasteiger partial charge is 0.467 e. The van der Waals surface area contributed by atoms with Gasteiger partial charge in [0.15, 0.2) is 0 Å². The minimum Gasteiger partial charge on any atom is -0.467 e. The van der Waals surface area contributed by atoms with Crippen LogP contribution in [0.4, 0.5) is 0 Å². The molecule has 1 N–H and O–H groups in total. The van der Waals surface area contributed by atoms with E-state index in [2.05, 4.69) is 21.2 Å². The lowest BCUT2D eigenvalue weighted by Crippen LogP contribution is -2.55. The van der Waals surface area contributed by atoms with Crippen molar-refractivity contribution >= 4 is 27.8 Å². The van der Waals surface area contributed by atoms with E-state index >= 15 is 0 Å². The zero-order chi connectivity index (χ0) is 16.8. The molecule has 0 aliphatic heterocycles. The monoisotopic (exact) mass is 385 g/mol. The minimum absolute atomic E-state index is 0.00662. The molecule has 0 aromatic carbocycles. The number of amides is 1. The molecular formula is C18H28BrNO3. The third-order valence-corrected chi connectivity index (χ3v) is 7.01. The number of nitrogens with one attached hydrogen (secondary N) is 1. The van der Waals surface area contributed by atoms with Crippen LogP contribution in [0.2, 0.25) is 0 Å². The highest BCUT2D eigenvalue weighted by atomic mass is 79.9. The van der Waals surface area contributed by atoms with Gasteiger partial charge >= 0.3 is 5.97 Å². The zero-order valence-electron chi connectivity index (χ0n) is 14.4. The number of ether oxygens (including phenoxy) is 1. The van der Waals surface area contributed by atoms with Gasteiger partial charge in [-0.05, 0) is 61.7 Å². The Morgan fingerprint density at radius 1 is 1.22 bits per heavy atom.